The predicted octanol–water partition coefficient (Wildman–Crippen LogP) is 2.59. The molecule has 104 valence electrons. The summed E-state index contributed by atoms with van der Waals surface area (Å²) in [5.41, 5.74) is 6.13. The van der Waals surface area contributed by atoms with Crippen molar-refractivity contribution >= 4 is 5.91 Å². The lowest BCUT2D eigenvalue weighted by molar-refractivity contribution is -0.128. The van der Waals surface area contributed by atoms with Gasteiger partial charge < -0.3 is 11.1 Å². The van der Waals surface area contributed by atoms with Crippen LogP contribution in [0.25, 0.3) is 0 Å². The summed E-state index contributed by atoms with van der Waals surface area (Å²) in [6.45, 7) is 5.26. The monoisotopic (exact) mass is 252 g/mol. The lowest BCUT2D eigenvalue weighted by Crippen LogP contribution is -2.56. The second kappa shape index (κ2) is 5.20. The van der Waals surface area contributed by atoms with Gasteiger partial charge in [-0.25, -0.2) is 0 Å². The van der Waals surface area contributed by atoms with Crippen molar-refractivity contribution in [1.82, 2.24) is 5.32 Å². The molecule has 0 radical (unpaired) electrons. The van der Waals surface area contributed by atoms with Crippen LogP contribution in [0, 0.1) is 11.3 Å². The van der Waals surface area contributed by atoms with Crippen LogP contribution < -0.4 is 11.1 Å². The van der Waals surface area contributed by atoms with Crippen LogP contribution in [-0.2, 0) is 4.79 Å². The Morgan fingerprint density at radius 2 is 2.11 bits per heavy atom. The van der Waals surface area contributed by atoms with Gasteiger partial charge in [-0.1, -0.05) is 33.1 Å². The van der Waals surface area contributed by atoms with Gasteiger partial charge in [0.2, 0.25) is 5.91 Å². The maximum Gasteiger partial charge on any atom is 0.240 e. The lowest BCUT2D eigenvalue weighted by Gasteiger charge is -2.35. The van der Waals surface area contributed by atoms with Crippen molar-refractivity contribution in [2.24, 2.45) is 17.1 Å². The zero-order valence-corrected chi connectivity index (χ0v) is 11.9. The van der Waals surface area contributed by atoms with Gasteiger partial charge in [0.1, 0.15) is 0 Å². The Hall–Kier alpha value is -0.570. The van der Waals surface area contributed by atoms with Gasteiger partial charge in [0.25, 0.3) is 0 Å². The Labute approximate surface area is 111 Å². The molecule has 0 bridgehead atoms. The quantitative estimate of drug-likeness (QED) is 0.790. The van der Waals surface area contributed by atoms with Crippen LogP contribution in [0.5, 0.6) is 0 Å². The van der Waals surface area contributed by atoms with Gasteiger partial charge in [-0.2, -0.15) is 0 Å². The third kappa shape index (κ3) is 3.05. The summed E-state index contributed by atoms with van der Waals surface area (Å²) in [6.07, 6.45) is 8.99. The molecule has 2 rings (SSSR count). The topological polar surface area (TPSA) is 55.1 Å². The van der Waals surface area contributed by atoms with Crippen LogP contribution in [0.2, 0.25) is 0 Å². The van der Waals surface area contributed by atoms with E-state index in [1.165, 1.54) is 32.1 Å². The first-order chi connectivity index (χ1) is 8.50. The van der Waals surface area contributed by atoms with Crippen LogP contribution in [0.3, 0.4) is 0 Å². The number of carbonyl (C=O) groups is 1. The standard InChI is InChI=1S/C15H28N2O/c1-3-6-14(8-9-14)11-17-13(18)15(16)7-4-5-12(2)10-15/h12H,3-11,16H2,1-2H3,(H,17,18). The summed E-state index contributed by atoms with van der Waals surface area (Å²) >= 11 is 0. The molecular formula is C15H28N2O. The molecule has 0 aliphatic heterocycles. The molecule has 2 saturated carbocycles. The minimum Gasteiger partial charge on any atom is -0.354 e. The molecule has 2 unspecified atom stereocenters. The highest BCUT2D eigenvalue weighted by Crippen LogP contribution is 2.49. The van der Waals surface area contributed by atoms with Crippen molar-refractivity contribution in [3.05, 3.63) is 0 Å². The van der Waals surface area contributed by atoms with Gasteiger partial charge in [-0.05, 0) is 43.4 Å². The van der Waals surface area contributed by atoms with E-state index in [0.29, 0.717) is 11.3 Å². The first-order valence-corrected chi connectivity index (χ1v) is 7.57. The van der Waals surface area contributed by atoms with E-state index in [9.17, 15) is 4.79 Å². The van der Waals surface area contributed by atoms with E-state index in [1.54, 1.807) is 0 Å². The summed E-state index contributed by atoms with van der Waals surface area (Å²) < 4.78 is 0. The molecule has 18 heavy (non-hydrogen) atoms. The molecule has 2 fully saturated rings. The fourth-order valence-electron chi connectivity index (χ4n) is 3.46. The third-order valence-electron chi connectivity index (χ3n) is 4.85. The summed E-state index contributed by atoms with van der Waals surface area (Å²) in [5, 5.41) is 3.14. The van der Waals surface area contributed by atoms with E-state index >= 15 is 0 Å². The fraction of sp³-hybridized carbons (Fsp3) is 0.933. The molecule has 2 aliphatic rings. The van der Waals surface area contributed by atoms with Crippen molar-refractivity contribution in [3.8, 4) is 0 Å². The van der Waals surface area contributed by atoms with E-state index in [4.69, 9.17) is 5.73 Å². The van der Waals surface area contributed by atoms with E-state index in [0.717, 1.165) is 25.8 Å². The SMILES string of the molecule is CCCC1(CNC(=O)C2(N)CCCC(C)C2)CC1. The first kappa shape index (κ1) is 13.9. The van der Waals surface area contributed by atoms with Crippen molar-refractivity contribution in [2.45, 2.75) is 70.8 Å². The largest absolute Gasteiger partial charge is 0.354 e. The maximum atomic E-state index is 12.3. The first-order valence-electron chi connectivity index (χ1n) is 7.57. The number of amides is 1. The molecule has 0 spiro atoms. The summed E-state index contributed by atoms with van der Waals surface area (Å²) in [6, 6.07) is 0. The molecule has 3 heteroatoms. The number of hydrogen-bond acceptors (Lipinski definition) is 2. The highest BCUT2D eigenvalue weighted by Gasteiger charge is 2.43. The van der Waals surface area contributed by atoms with Gasteiger partial charge in [0.15, 0.2) is 0 Å². The second-order valence-corrected chi connectivity index (χ2v) is 6.79. The Balaban J connectivity index is 1.84. The van der Waals surface area contributed by atoms with Gasteiger partial charge in [-0.3, -0.25) is 4.79 Å². The molecule has 1 amide bonds. The number of nitrogens with two attached hydrogens (primary N) is 1. The Morgan fingerprint density at radius 1 is 1.39 bits per heavy atom. The smallest absolute Gasteiger partial charge is 0.240 e. The molecular weight excluding hydrogens is 224 g/mol. The lowest BCUT2D eigenvalue weighted by atomic mass is 9.76. The van der Waals surface area contributed by atoms with E-state index < -0.39 is 5.54 Å². The molecule has 3 N–H and O–H groups in total. The highest BCUT2D eigenvalue weighted by molar-refractivity contribution is 5.86. The van der Waals surface area contributed by atoms with Crippen LogP contribution >= 0.6 is 0 Å². The molecule has 3 nitrogen and oxygen atoms in total. The second-order valence-electron chi connectivity index (χ2n) is 6.79. The Morgan fingerprint density at radius 3 is 2.67 bits per heavy atom. The normalized spacial score (nSPS) is 34.1. The number of hydrogen-bond donors (Lipinski definition) is 2. The van der Waals surface area contributed by atoms with Crippen LogP contribution in [0.15, 0.2) is 0 Å². The van der Waals surface area contributed by atoms with Gasteiger partial charge in [-0.15, -0.1) is 0 Å². The Kier molecular flexibility index (Phi) is 4.00. The average molecular weight is 252 g/mol. The third-order valence-corrected chi connectivity index (χ3v) is 4.85. The van der Waals surface area contributed by atoms with E-state index in [1.807, 2.05) is 0 Å². The fourth-order valence-corrected chi connectivity index (χ4v) is 3.46. The minimum absolute atomic E-state index is 0.0939. The molecule has 0 saturated heterocycles. The molecule has 0 aromatic rings. The summed E-state index contributed by atoms with van der Waals surface area (Å²) in [7, 11) is 0. The molecule has 0 aromatic carbocycles. The van der Waals surface area contributed by atoms with Crippen molar-refractivity contribution in [1.29, 1.82) is 0 Å². The highest BCUT2D eigenvalue weighted by atomic mass is 16.2. The van der Waals surface area contributed by atoms with Crippen molar-refractivity contribution in [3.63, 3.8) is 0 Å². The number of carbonyl (C=O) groups excluding carboxylic acids is 1. The maximum absolute atomic E-state index is 12.3. The van der Waals surface area contributed by atoms with E-state index in [-0.39, 0.29) is 5.91 Å². The molecule has 0 aromatic heterocycles. The summed E-state index contributed by atoms with van der Waals surface area (Å²) in [4.78, 5) is 12.3. The predicted molar refractivity (Wildman–Crippen MR) is 74.1 cm³/mol. The van der Waals surface area contributed by atoms with Gasteiger partial charge >= 0.3 is 0 Å². The van der Waals surface area contributed by atoms with Gasteiger partial charge in [0.05, 0.1) is 5.54 Å². The van der Waals surface area contributed by atoms with Crippen LogP contribution in [0.1, 0.15) is 65.2 Å². The summed E-state index contributed by atoms with van der Waals surface area (Å²) in [5.74, 6) is 0.677. The molecule has 2 atom stereocenters. The van der Waals surface area contributed by atoms with E-state index in [2.05, 4.69) is 19.2 Å². The minimum atomic E-state index is -0.597. The zero-order valence-electron chi connectivity index (χ0n) is 11.9. The van der Waals surface area contributed by atoms with Crippen molar-refractivity contribution < 1.29 is 4.79 Å². The zero-order chi connectivity index (χ0) is 13.2. The van der Waals surface area contributed by atoms with Crippen molar-refractivity contribution in [2.75, 3.05) is 6.54 Å². The average Bonchev–Trinajstić information content (AvgIpc) is 3.06. The molecule has 2 aliphatic carbocycles. The Bertz CT molecular complexity index is 312. The van der Waals surface area contributed by atoms with Crippen LogP contribution in [0.4, 0.5) is 0 Å². The van der Waals surface area contributed by atoms with Crippen LogP contribution in [-0.4, -0.2) is 18.0 Å². The van der Waals surface area contributed by atoms with Gasteiger partial charge in [0, 0.05) is 6.54 Å². The molecule has 0 heterocycles. The number of nitrogens with one attached hydrogen (secondary N) is 1. The number of rotatable bonds is 5.